The third-order valence-electron chi connectivity index (χ3n) is 3.03. The third-order valence-corrected chi connectivity index (χ3v) is 3.03. The van der Waals surface area contributed by atoms with Crippen molar-refractivity contribution in [3.05, 3.63) is 29.6 Å². The summed E-state index contributed by atoms with van der Waals surface area (Å²) in [5.74, 6) is -0.0724. The van der Waals surface area contributed by atoms with E-state index in [0.29, 0.717) is 26.2 Å². The van der Waals surface area contributed by atoms with E-state index in [1.165, 1.54) is 6.07 Å². The van der Waals surface area contributed by atoms with Gasteiger partial charge < -0.3 is 14.6 Å². The number of halogens is 1. The number of ether oxygens (including phenoxy) is 2. The Labute approximate surface area is 100 Å². The Morgan fingerprint density at radius 1 is 1.47 bits per heavy atom. The van der Waals surface area contributed by atoms with Crippen molar-refractivity contribution in [2.24, 2.45) is 5.41 Å². The van der Waals surface area contributed by atoms with Crippen LogP contribution in [-0.4, -0.2) is 31.5 Å². The van der Waals surface area contributed by atoms with Crippen molar-refractivity contribution in [2.75, 3.05) is 26.4 Å². The van der Waals surface area contributed by atoms with Crippen molar-refractivity contribution in [2.45, 2.75) is 13.3 Å². The van der Waals surface area contributed by atoms with Gasteiger partial charge in [0, 0.05) is 5.41 Å². The van der Waals surface area contributed by atoms with Crippen LogP contribution in [0.1, 0.15) is 12.5 Å². The van der Waals surface area contributed by atoms with Gasteiger partial charge in [0.25, 0.3) is 0 Å². The van der Waals surface area contributed by atoms with Crippen LogP contribution < -0.4 is 4.74 Å². The lowest BCUT2D eigenvalue weighted by molar-refractivity contribution is -0.136. The first kappa shape index (κ1) is 12.3. The van der Waals surface area contributed by atoms with Gasteiger partial charge >= 0.3 is 0 Å². The molecule has 0 atom stereocenters. The molecule has 0 radical (unpaired) electrons. The summed E-state index contributed by atoms with van der Waals surface area (Å²) in [6.45, 7) is 3.42. The molecule has 1 aromatic rings. The van der Waals surface area contributed by atoms with Crippen LogP contribution in [0, 0.1) is 11.2 Å². The molecule has 94 valence electrons. The number of aliphatic hydroxyl groups is 1. The van der Waals surface area contributed by atoms with Crippen molar-refractivity contribution >= 4 is 0 Å². The molecule has 2 rings (SSSR count). The molecule has 0 amide bonds. The summed E-state index contributed by atoms with van der Waals surface area (Å²) in [6, 6.07) is 4.95. The molecule has 1 fully saturated rings. The summed E-state index contributed by atoms with van der Waals surface area (Å²) >= 11 is 0. The molecule has 1 aliphatic heterocycles. The monoisotopic (exact) mass is 240 g/mol. The van der Waals surface area contributed by atoms with Crippen LogP contribution in [0.2, 0.25) is 0 Å². The Bertz CT molecular complexity index is 383. The number of rotatable bonds is 5. The second-order valence-corrected chi connectivity index (χ2v) is 4.53. The minimum atomic E-state index is -0.349. The second-order valence-electron chi connectivity index (χ2n) is 4.53. The van der Waals surface area contributed by atoms with Crippen LogP contribution in [0.15, 0.2) is 18.2 Å². The van der Waals surface area contributed by atoms with Crippen LogP contribution in [0.25, 0.3) is 0 Å². The van der Waals surface area contributed by atoms with Gasteiger partial charge in [0.1, 0.15) is 0 Å². The second kappa shape index (κ2) is 5.02. The summed E-state index contributed by atoms with van der Waals surface area (Å²) in [6.07, 6.45) is 0.632. The van der Waals surface area contributed by atoms with Crippen molar-refractivity contribution in [3.8, 4) is 5.75 Å². The molecule has 1 aliphatic rings. The zero-order chi connectivity index (χ0) is 12.3. The first-order chi connectivity index (χ1) is 8.19. The van der Waals surface area contributed by atoms with Crippen LogP contribution >= 0.6 is 0 Å². The molecule has 0 saturated carbocycles. The van der Waals surface area contributed by atoms with Gasteiger partial charge in [0.05, 0.1) is 26.4 Å². The normalized spacial score (nSPS) is 17.6. The van der Waals surface area contributed by atoms with Crippen molar-refractivity contribution in [1.29, 1.82) is 0 Å². The average Bonchev–Trinajstić information content (AvgIpc) is 2.27. The average molecular weight is 240 g/mol. The lowest BCUT2D eigenvalue weighted by Gasteiger charge is -2.40. The highest BCUT2D eigenvalue weighted by Gasteiger charge is 2.38. The summed E-state index contributed by atoms with van der Waals surface area (Å²) in [4.78, 5) is 0. The Balaban J connectivity index is 2.09. The van der Waals surface area contributed by atoms with Gasteiger partial charge in [-0.15, -0.1) is 0 Å². The van der Waals surface area contributed by atoms with Crippen molar-refractivity contribution < 1.29 is 19.0 Å². The molecule has 0 bridgehead atoms. The molecule has 1 saturated heterocycles. The summed E-state index contributed by atoms with van der Waals surface area (Å²) in [5.41, 5.74) is 0.642. The predicted molar refractivity (Wildman–Crippen MR) is 61.6 cm³/mol. The topological polar surface area (TPSA) is 38.7 Å². The third kappa shape index (κ3) is 2.58. The lowest BCUT2D eigenvalue weighted by Crippen LogP contribution is -2.47. The van der Waals surface area contributed by atoms with Gasteiger partial charge in [-0.05, 0) is 31.0 Å². The largest absolute Gasteiger partial charge is 0.491 e. The molecule has 17 heavy (non-hydrogen) atoms. The Kier molecular flexibility index (Phi) is 3.64. The number of aliphatic hydroxyl groups excluding tert-OH is 1. The maximum absolute atomic E-state index is 13.6. The standard InChI is InChI=1S/C13H17FO3/c1-2-17-12-4-3-10(5-11(12)14)6-13(7-15)8-16-9-13/h3-5,15H,2,6-9H2,1H3. The van der Waals surface area contributed by atoms with E-state index in [4.69, 9.17) is 9.47 Å². The van der Waals surface area contributed by atoms with Gasteiger partial charge in [0.2, 0.25) is 0 Å². The summed E-state index contributed by atoms with van der Waals surface area (Å²) < 4.78 is 23.9. The zero-order valence-corrected chi connectivity index (χ0v) is 9.91. The highest BCUT2D eigenvalue weighted by atomic mass is 19.1. The Morgan fingerprint density at radius 3 is 2.71 bits per heavy atom. The highest BCUT2D eigenvalue weighted by Crippen LogP contribution is 2.32. The highest BCUT2D eigenvalue weighted by molar-refractivity contribution is 5.30. The summed E-state index contributed by atoms with van der Waals surface area (Å²) in [5, 5.41) is 9.31. The molecular weight excluding hydrogens is 223 g/mol. The molecular formula is C13H17FO3. The molecule has 1 N–H and O–H groups in total. The molecule has 0 spiro atoms. The molecule has 0 unspecified atom stereocenters. The lowest BCUT2D eigenvalue weighted by atomic mass is 9.80. The Morgan fingerprint density at radius 2 is 2.24 bits per heavy atom. The van der Waals surface area contributed by atoms with Crippen LogP contribution in [0.5, 0.6) is 5.75 Å². The SMILES string of the molecule is CCOc1ccc(CC2(CO)COC2)cc1F. The van der Waals surface area contributed by atoms with E-state index in [1.54, 1.807) is 6.07 Å². The van der Waals surface area contributed by atoms with Gasteiger partial charge in [-0.2, -0.15) is 0 Å². The van der Waals surface area contributed by atoms with E-state index in [-0.39, 0.29) is 23.6 Å². The van der Waals surface area contributed by atoms with Gasteiger partial charge in [-0.25, -0.2) is 4.39 Å². The number of benzene rings is 1. The minimum absolute atomic E-state index is 0.0713. The van der Waals surface area contributed by atoms with Gasteiger partial charge in [-0.1, -0.05) is 6.07 Å². The first-order valence-electron chi connectivity index (χ1n) is 5.79. The summed E-state index contributed by atoms with van der Waals surface area (Å²) in [7, 11) is 0. The fourth-order valence-corrected chi connectivity index (χ4v) is 2.00. The van der Waals surface area contributed by atoms with Crippen LogP contribution in [0.4, 0.5) is 4.39 Å². The van der Waals surface area contributed by atoms with Crippen LogP contribution in [0.3, 0.4) is 0 Å². The van der Waals surface area contributed by atoms with Crippen LogP contribution in [-0.2, 0) is 11.2 Å². The fourth-order valence-electron chi connectivity index (χ4n) is 2.00. The van der Waals surface area contributed by atoms with E-state index in [0.717, 1.165) is 5.56 Å². The minimum Gasteiger partial charge on any atom is -0.491 e. The maximum atomic E-state index is 13.6. The smallest absolute Gasteiger partial charge is 0.165 e. The van der Waals surface area contributed by atoms with Crippen molar-refractivity contribution in [1.82, 2.24) is 0 Å². The molecule has 0 aliphatic carbocycles. The van der Waals surface area contributed by atoms with E-state index in [2.05, 4.69) is 0 Å². The van der Waals surface area contributed by atoms with Gasteiger partial charge in [-0.3, -0.25) is 0 Å². The quantitative estimate of drug-likeness (QED) is 0.852. The molecule has 1 aromatic carbocycles. The first-order valence-corrected chi connectivity index (χ1v) is 5.79. The van der Waals surface area contributed by atoms with E-state index >= 15 is 0 Å². The van der Waals surface area contributed by atoms with E-state index < -0.39 is 0 Å². The van der Waals surface area contributed by atoms with E-state index in [9.17, 15) is 9.50 Å². The van der Waals surface area contributed by atoms with E-state index in [1.807, 2.05) is 13.0 Å². The maximum Gasteiger partial charge on any atom is 0.165 e. The zero-order valence-electron chi connectivity index (χ0n) is 9.91. The molecule has 4 heteroatoms. The molecule has 3 nitrogen and oxygen atoms in total. The molecule has 0 aromatic heterocycles. The van der Waals surface area contributed by atoms with Gasteiger partial charge in [0.15, 0.2) is 11.6 Å². The van der Waals surface area contributed by atoms with Crippen molar-refractivity contribution in [3.63, 3.8) is 0 Å². The molecule has 1 heterocycles. The fraction of sp³-hybridized carbons (Fsp3) is 0.538. The number of hydrogen-bond donors (Lipinski definition) is 1. The Hall–Kier alpha value is -1.13. The predicted octanol–water partition coefficient (Wildman–Crippen LogP) is 1.78. The number of hydrogen-bond acceptors (Lipinski definition) is 3.